The smallest absolute Gasteiger partial charge is 0.276 e. The Kier molecular flexibility index (Phi) is 5.66. The van der Waals surface area contributed by atoms with Crippen LogP contribution in [0.5, 0.6) is 0 Å². The largest absolute Gasteiger partial charge is 0.335 e. The summed E-state index contributed by atoms with van der Waals surface area (Å²) in [5, 5.41) is 9.48. The number of nitrogens with zero attached hydrogens (tertiary/aromatic N) is 6. The molecule has 2 fully saturated rings. The van der Waals surface area contributed by atoms with E-state index in [1.807, 2.05) is 24.0 Å². The minimum Gasteiger partial charge on any atom is -0.335 e. The van der Waals surface area contributed by atoms with Crippen LogP contribution < -0.4 is 0 Å². The summed E-state index contributed by atoms with van der Waals surface area (Å²) in [5.41, 5.74) is 1.81. The van der Waals surface area contributed by atoms with Gasteiger partial charge in [-0.2, -0.15) is 9.90 Å². The van der Waals surface area contributed by atoms with Gasteiger partial charge in [0.2, 0.25) is 0 Å². The molecule has 0 N–H and O–H groups in total. The minimum atomic E-state index is -0.0359. The van der Waals surface area contributed by atoms with Crippen LogP contribution in [0.2, 0.25) is 5.02 Å². The molecular weight excluding hydrogens is 376 g/mol. The second-order valence-electron chi connectivity index (χ2n) is 7.79. The predicted octanol–water partition coefficient (Wildman–Crippen LogP) is 2.08. The Bertz CT molecular complexity index is 845. The molecule has 1 aromatic carbocycles. The summed E-state index contributed by atoms with van der Waals surface area (Å²) in [4.78, 5) is 21.4. The van der Waals surface area contributed by atoms with Gasteiger partial charge < -0.3 is 9.80 Å². The van der Waals surface area contributed by atoms with E-state index >= 15 is 0 Å². The van der Waals surface area contributed by atoms with Crippen molar-refractivity contribution in [3.8, 4) is 5.69 Å². The van der Waals surface area contributed by atoms with Crippen molar-refractivity contribution in [3.63, 3.8) is 0 Å². The highest BCUT2D eigenvalue weighted by atomic mass is 35.5. The lowest BCUT2D eigenvalue weighted by molar-refractivity contribution is 0.0447. The molecule has 28 heavy (non-hydrogen) atoms. The van der Waals surface area contributed by atoms with Crippen LogP contribution >= 0.6 is 11.6 Å². The summed E-state index contributed by atoms with van der Waals surface area (Å²) in [7, 11) is 2.19. The number of aryl methyl sites for hydroxylation is 1. The van der Waals surface area contributed by atoms with Crippen LogP contribution in [-0.4, -0.2) is 88.0 Å². The first-order valence-electron chi connectivity index (χ1n) is 9.93. The Hall–Kier alpha value is -1.96. The fourth-order valence-electron chi connectivity index (χ4n) is 4.17. The third-order valence-corrected chi connectivity index (χ3v) is 5.98. The van der Waals surface area contributed by atoms with Gasteiger partial charge in [-0.15, -0.1) is 5.10 Å². The van der Waals surface area contributed by atoms with Crippen molar-refractivity contribution in [2.75, 3.05) is 46.3 Å². The molecule has 0 spiro atoms. The monoisotopic (exact) mass is 402 g/mol. The molecule has 0 saturated carbocycles. The Morgan fingerprint density at radius 2 is 1.93 bits per heavy atom. The third-order valence-electron chi connectivity index (χ3n) is 5.74. The number of likely N-dealkylation sites (N-methyl/N-ethyl adjacent to an activating group) is 1. The standard InChI is InChI=1S/C20H27ClN6O/c1-15-19(23-27(22-15)17-6-3-5-16(21)13-17)20(28)26-11-9-25(10-12-26)18-7-4-8-24(2)14-18/h3,5-6,13,18H,4,7-12,14H2,1-2H3. The third kappa shape index (κ3) is 4.06. The number of piperidine rings is 1. The molecule has 8 heteroatoms. The number of hydrogen-bond acceptors (Lipinski definition) is 5. The molecular formula is C20H27ClN6O. The van der Waals surface area contributed by atoms with Crippen LogP contribution in [0, 0.1) is 6.92 Å². The number of halogens is 1. The van der Waals surface area contributed by atoms with E-state index in [0.29, 0.717) is 22.5 Å². The van der Waals surface area contributed by atoms with Crippen molar-refractivity contribution in [3.05, 3.63) is 40.7 Å². The number of amides is 1. The van der Waals surface area contributed by atoms with Crippen molar-refractivity contribution in [1.82, 2.24) is 29.7 Å². The zero-order chi connectivity index (χ0) is 19.7. The van der Waals surface area contributed by atoms with Gasteiger partial charge in [0.1, 0.15) is 0 Å². The summed E-state index contributed by atoms with van der Waals surface area (Å²) in [6.07, 6.45) is 2.51. The highest BCUT2D eigenvalue weighted by Gasteiger charge is 2.30. The molecule has 1 unspecified atom stereocenters. The van der Waals surface area contributed by atoms with Crippen LogP contribution in [0.1, 0.15) is 29.0 Å². The number of benzene rings is 1. The maximum absolute atomic E-state index is 13.0. The van der Waals surface area contributed by atoms with Gasteiger partial charge in [-0.25, -0.2) is 0 Å². The SMILES string of the molecule is Cc1nn(-c2cccc(Cl)c2)nc1C(=O)N1CCN(C2CCCN(C)C2)CC1. The first-order valence-corrected chi connectivity index (χ1v) is 10.3. The number of rotatable bonds is 3. The lowest BCUT2D eigenvalue weighted by Gasteiger charge is -2.42. The fraction of sp³-hybridized carbons (Fsp3) is 0.550. The Morgan fingerprint density at radius 1 is 1.14 bits per heavy atom. The quantitative estimate of drug-likeness (QED) is 0.786. The maximum Gasteiger partial charge on any atom is 0.276 e. The van der Waals surface area contributed by atoms with E-state index in [2.05, 4.69) is 27.0 Å². The Labute approximate surface area is 170 Å². The first-order chi connectivity index (χ1) is 13.5. The summed E-state index contributed by atoms with van der Waals surface area (Å²) in [6, 6.07) is 7.92. The number of carbonyl (C=O) groups is 1. The molecule has 0 aliphatic carbocycles. The van der Waals surface area contributed by atoms with E-state index < -0.39 is 0 Å². The molecule has 3 heterocycles. The van der Waals surface area contributed by atoms with E-state index in [1.165, 1.54) is 24.2 Å². The molecule has 2 saturated heterocycles. The molecule has 0 bridgehead atoms. The number of likely N-dealkylation sites (tertiary alicyclic amines) is 1. The molecule has 1 amide bonds. The highest BCUT2D eigenvalue weighted by Crippen LogP contribution is 2.19. The average Bonchev–Trinajstić information content (AvgIpc) is 3.09. The van der Waals surface area contributed by atoms with Crippen molar-refractivity contribution in [1.29, 1.82) is 0 Å². The zero-order valence-corrected chi connectivity index (χ0v) is 17.3. The van der Waals surface area contributed by atoms with Crippen LogP contribution in [0.4, 0.5) is 0 Å². The molecule has 1 aromatic heterocycles. The molecule has 2 aliphatic heterocycles. The predicted molar refractivity (Wildman–Crippen MR) is 109 cm³/mol. The summed E-state index contributed by atoms with van der Waals surface area (Å²) in [6.45, 7) is 7.47. The number of aromatic nitrogens is 3. The molecule has 0 radical (unpaired) electrons. The van der Waals surface area contributed by atoms with Crippen molar-refractivity contribution >= 4 is 17.5 Å². The lowest BCUT2D eigenvalue weighted by Crippen LogP contribution is -2.55. The molecule has 1 atom stereocenters. The van der Waals surface area contributed by atoms with E-state index in [1.54, 1.807) is 12.1 Å². The lowest BCUT2D eigenvalue weighted by atomic mass is 10.0. The van der Waals surface area contributed by atoms with Gasteiger partial charge in [0.05, 0.1) is 11.4 Å². The van der Waals surface area contributed by atoms with Gasteiger partial charge in [-0.05, 0) is 51.6 Å². The average molecular weight is 403 g/mol. The normalized spacial score (nSPS) is 21.8. The van der Waals surface area contributed by atoms with E-state index in [4.69, 9.17) is 11.6 Å². The van der Waals surface area contributed by atoms with Gasteiger partial charge in [-0.1, -0.05) is 17.7 Å². The number of hydrogen-bond donors (Lipinski definition) is 0. The number of carbonyl (C=O) groups excluding carboxylic acids is 1. The topological polar surface area (TPSA) is 57.5 Å². The van der Waals surface area contributed by atoms with Crippen LogP contribution in [0.3, 0.4) is 0 Å². The Morgan fingerprint density at radius 3 is 2.64 bits per heavy atom. The first kappa shape index (κ1) is 19.4. The molecule has 2 aliphatic rings. The number of piperazine rings is 1. The van der Waals surface area contributed by atoms with Crippen LogP contribution in [0.15, 0.2) is 24.3 Å². The van der Waals surface area contributed by atoms with Gasteiger partial charge in [-0.3, -0.25) is 9.69 Å². The van der Waals surface area contributed by atoms with Gasteiger partial charge >= 0.3 is 0 Å². The van der Waals surface area contributed by atoms with Crippen molar-refractivity contribution < 1.29 is 4.79 Å². The molecule has 4 rings (SSSR count). The molecule has 2 aromatic rings. The molecule has 150 valence electrons. The second kappa shape index (κ2) is 8.19. The van der Waals surface area contributed by atoms with Gasteiger partial charge in [0, 0.05) is 43.8 Å². The summed E-state index contributed by atoms with van der Waals surface area (Å²) in [5.74, 6) is -0.0359. The van der Waals surface area contributed by atoms with E-state index in [-0.39, 0.29) is 5.91 Å². The molecule has 7 nitrogen and oxygen atoms in total. The highest BCUT2D eigenvalue weighted by molar-refractivity contribution is 6.30. The van der Waals surface area contributed by atoms with Crippen LogP contribution in [0.25, 0.3) is 5.69 Å². The van der Waals surface area contributed by atoms with Crippen molar-refractivity contribution in [2.45, 2.75) is 25.8 Å². The zero-order valence-electron chi connectivity index (χ0n) is 16.5. The summed E-state index contributed by atoms with van der Waals surface area (Å²) < 4.78 is 0. The van der Waals surface area contributed by atoms with Gasteiger partial charge in [0.25, 0.3) is 5.91 Å². The van der Waals surface area contributed by atoms with Gasteiger partial charge in [0.15, 0.2) is 5.69 Å². The Balaban J connectivity index is 1.42. The van der Waals surface area contributed by atoms with Crippen molar-refractivity contribution in [2.24, 2.45) is 0 Å². The fourth-order valence-corrected chi connectivity index (χ4v) is 4.35. The van der Waals surface area contributed by atoms with E-state index in [9.17, 15) is 4.79 Å². The maximum atomic E-state index is 13.0. The minimum absolute atomic E-state index is 0.0359. The van der Waals surface area contributed by atoms with Crippen LogP contribution in [-0.2, 0) is 0 Å². The summed E-state index contributed by atoms with van der Waals surface area (Å²) >= 11 is 6.06. The van der Waals surface area contributed by atoms with E-state index in [0.717, 1.165) is 38.4 Å². The second-order valence-corrected chi connectivity index (χ2v) is 8.23.